The van der Waals surface area contributed by atoms with E-state index in [0.29, 0.717) is 5.76 Å². The zero-order valence-corrected chi connectivity index (χ0v) is 14.0. The monoisotopic (exact) mass is 329 g/mol. The van der Waals surface area contributed by atoms with E-state index in [1.54, 1.807) is 7.05 Å². The molecule has 0 spiro atoms. The van der Waals surface area contributed by atoms with Crippen molar-refractivity contribution in [2.75, 3.05) is 7.05 Å². The number of hydrogen-bond acceptors (Lipinski definition) is 3. The fraction of sp³-hybridized carbons (Fsp3) is 0.222. The molecule has 0 saturated heterocycles. The van der Waals surface area contributed by atoms with Crippen LogP contribution >= 0.6 is 0 Å². The molecule has 3 rings (SSSR count). The van der Waals surface area contributed by atoms with Crippen molar-refractivity contribution < 1.29 is 12.8 Å². The van der Waals surface area contributed by atoms with Gasteiger partial charge in [0, 0.05) is 12.4 Å². The predicted octanol–water partition coefficient (Wildman–Crippen LogP) is 3.70. The highest BCUT2D eigenvalue weighted by Crippen LogP contribution is 2.21. The summed E-state index contributed by atoms with van der Waals surface area (Å²) in [7, 11) is -1.81. The summed E-state index contributed by atoms with van der Waals surface area (Å²) in [6.07, 6.45) is 0. The molecular weight excluding hydrogens is 310 g/mol. The number of rotatable bonds is 5. The first-order valence-electron chi connectivity index (χ1n) is 7.41. The van der Waals surface area contributed by atoms with Gasteiger partial charge in [0.15, 0.2) is 0 Å². The van der Waals surface area contributed by atoms with Crippen molar-refractivity contribution in [2.24, 2.45) is 0 Å². The van der Waals surface area contributed by atoms with Crippen molar-refractivity contribution in [3.8, 4) is 0 Å². The van der Waals surface area contributed by atoms with Gasteiger partial charge in [-0.3, -0.25) is 0 Å². The summed E-state index contributed by atoms with van der Waals surface area (Å²) >= 11 is 0. The van der Waals surface area contributed by atoms with E-state index in [1.807, 2.05) is 61.5 Å². The molecule has 4 nitrogen and oxygen atoms in total. The quantitative estimate of drug-likeness (QED) is 0.717. The number of aryl methyl sites for hydroxylation is 1. The van der Waals surface area contributed by atoms with Crippen LogP contribution in [0.4, 0.5) is 0 Å². The number of sulfonamides is 1. The van der Waals surface area contributed by atoms with E-state index >= 15 is 0 Å². The van der Waals surface area contributed by atoms with Crippen molar-refractivity contribution in [2.45, 2.75) is 19.2 Å². The highest BCUT2D eigenvalue weighted by Gasteiger charge is 2.20. The molecule has 23 heavy (non-hydrogen) atoms. The Morgan fingerprint density at radius 2 is 1.74 bits per heavy atom. The summed E-state index contributed by atoms with van der Waals surface area (Å²) in [5, 5.41) is 0.979. The Morgan fingerprint density at radius 1 is 1.04 bits per heavy atom. The van der Waals surface area contributed by atoms with Gasteiger partial charge in [0.2, 0.25) is 10.0 Å². The van der Waals surface area contributed by atoms with Gasteiger partial charge in [-0.15, -0.1) is 0 Å². The summed E-state index contributed by atoms with van der Waals surface area (Å²) < 4.78 is 32.0. The van der Waals surface area contributed by atoms with Gasteiger partial charge in [-0.2, -0.15) is 4.31 Å². The van der Waals surface area contributed by atoms with Crippen LogP contribution in [-0.2, 0) is 22.3 Å². The molecule has 2 aromatic carbocycles. The lowest BCUT2D eigenvalue weighted by Gasteiger charge is -2.16. The largest absolute Gasteiger partial charge is 0.460 e. The third-order valence-electron chi connectivity index (χ3n) is 3.80. The molecule has 120 valence electrons. The van der Waals surface area contributed by atoms with Crippen LogP contribution in [0.5, 0.6) is 0 Å². The second-order valence-electron chi connectivity index (χ2n) is 5.75. The molecular formula is C18H19NO3S. The number of para-hydroxylation sites is 1. The third kappa shape index (κ3) is 3.63. The minimum Gasteiger partial charge on any atom is -0.460 e. The van der Waals surface area contributed by atoms with E-state index in [0.717, 1.165) is 22.1 Å². The molecule has 0 unspecified atom stereocenters. The van der Waals surface area contributed by atoms with Crippen molar-refractivity contribution in [3.05, 3.63) is 71.5 Å². The van der Waals surface area contributed by atoms with E-state index in [-0.39, 0.29) is 12.3 Å². The molecule has 1 heterocycles. The standard InChI is InChI=1S/C18H19NO3S/c1-14-7-9-15(10-8-14)13-23(20,21)19(2)12-17-11-16-5-3-4-6-18(16)22-17/h3-11H,12-13H2,1-2H3. The third-order valence-corrected chi connectivity index (χ3v) is 5.58. The molecule has 0 aliphatic rings. The maximum Gasteiger partial charge on any atom is 0.218 e. The van der Waals surface area contributed by atoms with Gasteiger partial charge in [0.1, 0.15) is 11.3 Å². The van der Waals surface area contributed by atoms with Gasteiger partial charge in [0.05, 0.1) is 12.3 Å². The number of hydrogen-bond donors (Lipinski definition) is 0. The number of nitrogens with zero attached hydrogens (tertiary/aromatic N) is 1. The second kappa shape index (κ2) is 6.18. The number of furan rings is 1. The van der Waals surface area contributed by atoms with E-state index in [9.17, 15) is 8.42 Å². The van der Waals surface area contributed by atoms with E-state index in [1.165, 1.54) is 4.31 Å². The van der Waals surface area contributed by atoms with Crippen LogP contribution in [0.25, 0.3) is 11.0 Å². The zero-order chi connectivity index (χ0) is 16.4. The lowest BCUT2D eigenvalue weighted by molar-refractivity contribution is 0.417. The minimum absolute atomic E-state index is 0.00991. The van der Waals surface area contributed by atoms with Gasteiger partial charge < -0.3 is 4.42 Å². The summed E-state index contributed by atoms with van der Waals surface area (Å²) in [6, 6.07) is 17.1. The minimum atomic E-state index is -3.39. The maximum absolute atomic E-state index is 12.5. The fourth-order valence-electron chi connectivity index (χ4n) is 2.44. The van der Waals surface area contributed by atoms with Crippen LogP contribution in [-0.4, -0.2) is 19.8 Å². The van der Waals surface area contributed by atoms with Crippen LogP contribution in [0.1, 0.15) is 16.9 Å². The topological polar surface area (TPSA) is 50.5 Å². The number of benzene rings is 2. The maximum atomic E-state index is 12.5. The Kier molecular flexibility index (Phi) is 4.24. The van der Waals surface area contributed by atoms with Gasteiger partial charge in [-0.05, 0) is 24.6 Å². The molecule has 0 radical (unpaired) electrons. The molecule has 0 aliphatic carbocycles. The first-order chi connectivity index (χ1) is 10.9. The molecule has 0 atom stereocenters. The van der Waals surface area contributed by atoms with Gasteiger partial charge in [-0.25, -0.2) is 8.42 Å². The highest BCUT2D eigenvalue weighted by molar-refractivity contribution is 7.88. The Hall–Kier alpha value is -2.11. The second-order valence-corrected chi connectivity index (χ2v) is 7.82. The van der Waals surface area contributed by atoms with Crippen molar-refractivity contribution >= 4 is 21.0 Å². The molecule has 1 aromatic heterocycles. The van der Waals surface area contributed by atoms with E-state index < -0.39 is 10.0 Å². The first-order valence-corrected chi connectivity index (χ1v) is 9.02. The zero-order valence-electron chi connectivity index (χ0n) is 13.2. The first kappa shape index (κ1) is 15.8. The van der Waals surface area contributed by atoms with Crippen molar-refractivity contribution in [1.82, 2.24) is 4.31 Å². The summed E-state index contributed by atoms with van der Waals surface area (Å²) in [5.41, 5.74) is 2.67. The lowest BCUT2D eigenvalue weighted by Crippen LogP contribution is -2.27. The summed E-state index contributed by atoms with van der Waals surface area (Å²) in [6.45, 7) is 2.20. The van der Waals surface area contributed by atoms with Crippen LogP contribution in [0.2, 0.25) is 0 Å². The molecule has 0 N–H and O–H groups in total. The molecule has 0 fully saturated rings. The molecule has 0 amide bonds. The van der Waals surface area contributed by atoms with Crippen LogP contribution in [0.3, 0.4) is 0 Å². The SMILES string of the molecule is Cc1ccc(CS(=O)(=O)N(C)Cc2cc3ccccc3o2)cc1. The summed E-state index contributed by atoms with van der Waals surface area (Å²) in [4.78, 5) is 0. The fourth-order valence-corrected chi connectivity index (χ4v) is 3.60. The van der Waals surface area contributed by atoms with Gasteiger partial charge in [0.25, 0.3) is 0 Å². The molecule has 3 aromatic rings. The Balaban J connectivity index is 1.75. The number of fused-ring (bicyclic) bond motifs is 1. The molecule has 0 bridgehead atoms. The highest BCUT2D eigenvalue weighted by atomic mass is 32.2. The molecule has 0 aliphatic heterocycles. The van der Waals surface area contributed by atoms with E-state index in [4.69, 9.17) is 4.42 Å². The summed E-state index contributed by atoms with van der Waals surface area (Å²) in [5.74, 6) is 0.630. The predicted molar refractivity (Wildman–Crippen MR) is 91.5 cm³/mol. The average molecular weight is 329 g/mol. The van der Waals surface area contributed by atoms with E-state index in [2.05, 4.69) is 0 Å². The normalized spacial score (nSPS) is 12.1. The molecule has 0 saturated carbocycles. The smallest absolute Gasteiger partial charge is 0.218 e. The Labute approximate surface area is 136 Å². The van der Waals surface area contributed by atoms with Crippen LogP contribution < -0.4 is 0 Å². The lowest BCUT2D eigenvalue weighted by atomic mass is 10.2. The van der Waals surface area contributed by atoms with Gasteiger partial charge in [-0.1, -0.05) is 48.0 Å². The van der Waals surface area contributed by atoms with Gasteiger partial charge >= 0.3 is 0 Å². The van der Waals surface area contributed by atoms with Crippen LogP contribution in [0, 0.1) is 6.92 Å². The average Bonchev–Trinajstić information content (AvgIpc) is 2.91. The molecule has 5 heteroatoms. The Bertz CT molecular complexity index is 878. The van der Waals surface area contributed by atoms with Crippen molar-refractivity contribution in [3.63, 3.8) is 0 Å². The van der Waals surface area contributed by atoms with Crippen LogP contribution in [0.15, 0.2) is 59.0 Å². The Morgan fingerprint density at radius 3 is 2.43 bits per heavy atom. The van der Waals surface area contributed by atoms with Crippen molar-refractivity contribution in [1.29, 1.82) is 0 Å².